The predicted octanol–water partition coefficient (Wildman–Crippen LogP) is 3.13. The van der Waals surface area contributed by atoms with Gasteiger partial charge in [-0.2, -0.15) is 0 Å². The molecule has 0 fully saturated rings. The van der Waals surface area contributed by atoms with E-state index in [0.29, 0.717) is 12.4 Å². The van der Waals surface area contributed by atoms with E-state index in [1.54, 1.807) is 50.7 Å². The van der Waals surface area contributed by atoms with E-state index in [1.807, 2.05) is 0 Å². The molecule has 0 unspecified atom stereocenters. The van der Waals surface area contributed by atoms with Gasteiger partial charge in [0.15, 0.2) is 0 Å². The smallest absolute Gasteiger partial charge is 0.407 e. The van der Waals surface area contributed by atoms with Gasteiger partial charge < -0.3 is 14.8 Å². The third kappa shape index (κ3) is 5.26. The first-order chi connectivity index (χ1) is 11.2. The highest BCUT2D eigenvalue weighted by Gasteiger charge is 2.15. The van der Waals surface area contributed by atoms with Crippen LogP contribution < -0.4 is 10.1 Å². The Hall–Kier alpha value is -2.57. The lowest BCUT2D eigenvalue weighted by atomic mass is 10.1. The zero-order chi connectivity index (χ0) is 17.7. The topological polar surface area (TPSA) is 65.4 Å². The number of hydrogen-bond acceptors (Lipinski definition) is 4. The van der Waals surface area contributed by atoms with E-state index in [1.165, 1.54) is 12.1 Å². The minimum Gasteiger partial charge on any atom is -0.475 e. The molecule has 0 aliphatic carbocycles. The van der Waals surface area contributed by atoms with Gasteiger partial charge in [0.2, 0.25) is 5.88 Å². The van der Waals surface area contributed by atoms with Gasteiger partial charge in [0.05, 0.1) is 12.2 Å². The van der Waals surface area contributed by atoms with E-state index in [4.69, 9.17) is 9.47 Å². The Morgan fingerprint density at radius 1 is 1.29 bits per heavy atom. The maximum Gasteiger partial charge on any atom is 0.407 e. The van der Waals surface area contributed by atoms with Crippen molar-refractivity contribution in [1.82, 2.24) is 15.1 Å². The second kappa shape index (κ2) is 7.33. The fourth-order valence-electron chi connectivity index (χ4n) is 2.03. The van der Waals surface area contributed by atoms with E-state index in [-0.39, 0.29) is 12.4 Å². The Balaban J connectivity index is 1.85. The Bertz CT molecular complexity index is 690. The first-order valence-electron chi connectivity index (χ1n) is 7.64. The van der Waals surface area contributed by atoms with Crippen molar-refractivity contribution < 1.29 is 18.7 Å². The monoisotopic (exact) mass is 335 g/mol. The molecule has 130 valence electrons. The molecule has 0 aliphatic rings. The lowest BCUT2D eigenvalue weighted by Gasteiger charge is -2.19. The van der Waals surface area contributed by atoms with Crippen molar-refractivity contribution >= 4 is 6.09 Å². The highest BCUT2D eigenvalue weighted by atomic mass is 19.1. The second-order valence-electron chi connectivity index (χ2n) is 6.28. The fourth-order valence-corrected chi connectivity index (χ4v) is 2.03. The fraction of sp³-hybridized carbons (Fsp3) is 0.412. The summed E-state index contributed by atoms with van der Waals surface area (Å²) in [6.45, 7) is 5.96. The maximum atomic E-state index is 13.0. The maximum absolute atomic E-state index is 13.0. The Morgan fingerprint density at radius 3 is 2.58 bits per heavy atom. The lowest BCUT2D eigenvalue weighted by Crippen LogP contribution is -2.34. The molecule has 7 heteroatoms. The summed E-state index contributed by atoms with van der Waals surface area (Å²) in [7, 11) is 1.78. The third-order valence-corrected chi connectivity index (χ3v) is 3.02. The van der Waals surface area contributed by atoms with Crippen molar-refractivity contribution in [3.63, 3.8) is 0 Å². The van der Waals surface area contributed by atoms with Crippen molar-refractivity contribution in [3.05, 3.63) is 36.1 Å². The van der Waals surface area contributed by atoms with E-state index in [9.17, 15) is 9.18 Å². The molecule has 0 bridgehead atoms. The van der Waals surface area contributed by atoms with Gasteiger partial charge in [-0.25, -0.2) is 9.18 Å². The highest BCUT2D eigenvalue weighted by molar-refractivity contribution is 5.67. The summed E-state index contributed by atoms with van der Waals surface area (Å²) >= 11 is 0. The molecule has 2 aromatic rings. The molecule has 1 heterocycles. The Morgan fingerprint density at radius 2 is 1.96 bits per heavy atom. The van der Waals surface area contributed by atoms with Crippen LogP contribution in [0.3, 0.4) is 0 Å². The van der Waals surface area contributed by atoms with E-state index in [2.05, 4.69) is 10.4 Å². The van der Waals surface area contributed by atoms with Crippen molar-refractivity contribution in [1.29, 1.82) is 0 Å². The highest BCUT2D eigenvalue weighted by Crippen LogP contribution is 2.23. The van der Waals surface area contributed by atoms with Gasteiger partial charge in [-0.15, -0.1) is 5.10 Å². The molecule has 0 spiro atoms. The molecule has 2 rings (SSSR count). The van der Waals surface area contributed by atoms with Crippen LogP contribution in [0.25, 0.3) is 11.3 Å². The third-order valence-electron chi connectivity index (χ3n) is 3.02. The molecule has 1 aromatic heterocycles. The number of nitrogens with zero attached hydrogens (tertiary/aromatic N) is 2. The molecular weight excluding hydrogens is 313 g/mol. The molecule has 1 aromatic carbocycles. The zero-order valence-electron chi connectivity index (χ0n) is 14.3. The molecule has 0 aliphatic heterocycles. The summed E-state index contributed by atoms with van der Waals surface area (Å²) < 4.78 is 25.3. The number of carbonyl (C=O) groups excluding carboxylic acids is 1. The van der Waals surface area contributed by atoms with Crippen molar-refractivity contribution in [2.75, 3.05) is 13.2 Å². The van der Waals surface area contributed by atoms with Gasteiger partial charge in [-0.05, 0) is 45.0 Å². The predicted molar refractivity (Wildman–Crippen MR) is 88.3 cm³/mol. The van der Waals surface area contributed by atoms with Crippen LogP contribution in [0.5, 0.6) is 5.88 Å². The van der Waals surface area contributed by atoms with Gasteiger partial charge in [0.25, 0.3) is 0 Å². The summed E-state index contributed by atoms with van der Waals surface area (Å²) in [6.07, 6.45) is -0.487. The van der Waals surface area contributed by atoms with E-state index in [0.717, 1.165) is 11.3 Å². The zero-order valence-corrected chi connectivity index (χ0v) is 14.3. The standard InChI is InChI=1S/C17H22FN3O3/c1-17(2,3)24-16(22)19-9-10-23-15-11-14(21(4)20-15)12-5-7-13(18)8-6-12/h5-8,11H,9-10H2,1-4H3,(H,19,22). The van der Waals surface area contributed by atoms with Crippen molar-refractivity contribution in [2.24, 2.45) is 7.05 Å². The van der Waals surface area contributed by atoms with E-state index < -0.39 is 11.7 Å². The minimum atomic E-state index is -0.532. The first-order valence-corrected chi connectivity index (χ1v) is 7.64. The number of aryl methyl sites for hydroxylation is 1. The van der Waals surface area contributed by atoms with Crippen LogP contribution in [-0.4, -0.2) is 34.6 Å². The Labute approximate surface area is 140 Å². The number of amides is 1. The molecule has 6 nitrogen and oxygen atoms in total. The molecule has 1 N–H and O–H groups in total. The number of aromatic nitrogens is 2. The van der Waals surface area contributed by atoms with Crippen LogP contribution in [0.15, 0.2) is 30.3 Å². The van der Waals surface area contributed by atoms with E-state index >= 15 is 0 Å². The van der Waals surface area contributed by atoms with Crippen LogP contribution in [0.4, 0.5) is 9.18 Å². The molecule has 24 heavy (non-hydrogen) atoms. The molecule has 0 saturated carbocycles. The summed E-state index contributed by atoms with van der Waals surface area (Å²) in [5.74, 6) is 0.147. The summed E-state index contributed by atoms with van der Waals surface area (Å²) in [5.41, 5.74) is 1.12. The van der Waals surface area contributed by atoms with Crippen molar-refractivity contribution in [2.45, 2.75) is 26.4 Å². The van der Waals surface area contributed by atoms with Crippen LogP contribution >= 0.6 is 0 Å². The molecule has 0 atom stereocenters. The van der Waals surface area contributed by atoms with Gasteiger partial charge in [0, 0.05) is 18.7 Å². The van der Waals surface area contributed by atoms with Gasteiger partial charge in [0.1, 0.15) is 18.0 Å². The normalized spacial score (nSPS) is 11.2. The summed E-state index contributed by atoms with van der Waals surface area (Å²) in [5, 5.41) is 6.85. The van der Waals surface area contributed by atoms with Crippen LogP contribution in [-0.2, 0) is 11.8 Å². The lowest BCUT2D eigenvalue weighted by molar-refractivity contribution is 0.0520. The first kappa shape index (κ1) is 17.8. The number of alkyl carbamates (subject to hydrolysis) is 1. The largest absolute Gasteiger partial charge is 0.475 e. The number of nitrogens with one attached hydrogen (secondary N) is 1. The van der Waals surface area contributed by atoms with Crippen molar-refractivity contribution in [3.8, 4) is 17.1 Å². The second-order valence-corrected chi connectivity index (χ2v) is 6.28. The quantitative estimate of drug-likeness (QED) is 0.853. The molecule has 0 saturated heterocycles. The number of ether oxygens (including phenoxy) is 2. The number of halogens is 1. The average molecular weight is 335 g/mol. The summed E-state index contributed by atoms with van der Waals surface area (Å²) in [4.78, 5) is 11.5. The Kier molecular flexibility index (Phi) is 5.43. The molecule has 0 radical (unpaired) electrons. The molecular formula is C17H22FN3O3. The SMILES string of the molecule is Cn1nc(OCCNC(=O)OC(C)(C)C)cc1-c1ccc(F)cc1. The van der Waals surface area contributed by atoms with Gasteiger partial charge >= 0.3 is 6.09 Å². The number of rotatable bonds is 5. The van der Waals surface area contributed by atoms with Gasteiger partial charge in [-0.3, -0.25) is 4.68 Å². The average Bonchev–Trinajstić information content (AvgIpc) is 2.84. The summed E-state index contributed by atoms with van der Waals surface area (Å²) in [6, 6.07) is 7.92. The minimum absolute atomic E-state index is 0.263. The number of hydrogen-bond donors (Lipinski definition) is 1. The number of carbonyl (C=O) groups is 1. The number of benzene rings is 1. The van der Waals surface area contributed by atoms with Crippen LogP contribution in [0.2, 0.25) is 0 Å². The van der Waals surface area contributed by atoms with Crippen LogP contribution in [0, 0.1) is 5.82 Å². The van der Waals surface area contributed by atoms with Gasteiger partial charge in [-0.1, -0.05) is 0 Å². The van der Waals surface area contributed by atoms with Crippen LogP contribution in [0.1, 0.15) is 20.8 Å². The molecule has 1 amide bonds.